The molecule has 0 aliphatic carbocycles. The van der Waals surface area contributed by atoms with Crippen LogP contribution in [0.1, 0.15) is 5.56 Å². The van der Waals surface area contributed by atoms with E-state index in [1.165, 1.54) is 0 Å². The lowest BCUT2D eigenvalue weighted by atomic mass is 10.2. The maximum absolute atomic E-state index is 9.50. The third-order valence-corrected chi connectivity index (χ3v) is 3.87. The van der Waals surface area contributed by atoms with Gasteiger partial charge in [-0.3, -0.25) is 0 Å². The third-order valence-electron chi connectivity index (χ3n) is 3.87. The maximum Gasteiger partial charge on any atom is 0.175 e. The van der Waals surface area contributed by atoms with Crippen LogP contribution < -0.4 is 10.6 Å². The van der Waals surface area contributed by atoms with Crippen molar-refractivity contribution in [2.75, 3.05) is 31.6 Å². The molecule has 9 heteroatoms. The van der Waals surface area contributed by atoms with Crippen molar-refractivity contribution in [1.29, 1.82) is 5.26 Å². The largest absolute Gasteiger partial charge is 0.463 e. The number of hydrogen-bond donors (Lipinski definition) is 2. The van der Waals surface area contributed by atoms with Gasteiger partial charge in [0, 0.05) is 25.8 Å². The summed E-state index contributed by atoms with van der Waals surface area (Å²) < 4.78 is 12.6. The molecule has 0 amide bonds. The minimum atomic E-state index is 0. The van der Waals surface area contributed by atoms with Crippen molar-refractivity contribution < 1.29 is 9.15 Å². The van der Waals surface area contributed by atoms with Gasteiger partial charge in [0.2, 0.25) is 0 Å². The summed E-state index contributed by atoms with van der Waals surface area (Å²) in [5.41, 5.74) is 1.38. The molecular formula is C16H17ClN6O2. The van der Waals surface area contributed by atoms with Gasteiger partial charge in [0.05, 0.1) is 19.0 Å². The van der Waals surface area contributed by atoms with Gasteiger partial charge in [-0.05, 0) is 18.2 Å². The van der Waals surface area contributed by atoms with Crippen LogP contribution in [0.5, 0.6) is 0 Å². The predicted molar refractivity (Wildman–Crippen MR) is 93.8 cm³/mol. The van der Waals surface area contributed by atoms with Gasteiger partial charge in [-0.15, -0.1) is 12.4 Å². The Bertz CT molecular complexity index is 880. The van der Waals surface area contributed by atoms with Gasteiger partial charge in [-0.1, -0.05) is 0 Å². The zero-order chi connectivity index (χ0) is 16.4. The topological polar surface area (TPSA) is 100 Å². The van der Waals surface area contributed by atoms with Crippen molar-refractivity contribution in [2.45, 2.75) is 6.10 Å². The van der Waals surface area contributed by atoms with Crippen molar-refractivity contribution in [3.63, 3.8) is 0 Å². The van der Waals surface area contributed by atoms with E-state index in [1.54, 1.807) is 29.1 Å². The van der Waals surface area contributed by atoms with Crippen LogP contribution in [-0.4, -0.2) is 46.9 Å². The van der Waals surface area contributed by atoms with Gasteiger partial charge in [0.1, 0.15) is 23.1 Å². The molecule has 4 rings (SSSR count). The summed E-state index contributed by atoms with van der Waals surface area (Å²) in [5, 5.41) is 20.4. The Morgan fingerprint density at radius 2 is 2.36 bits per heavy atom. The number of halogens is 1. The number of morpholine rings is 1. The smallest absolute Gasteiger partial charge is 0.175 e. The summed E-state index contributed by atoms with van der Waals surface area (Å²) in [7, 11) is 0. The fraction of sp³-hybridized carbons (Fsp3) is 0.312. The number of fused-ring (bicyclic) bond motifs is 1. The van der Waals surface area contributed by atoms with Crippen molar-refractivity contribution in [3.05, 3.63) is 36.2 Å². The molecule has 3 aromatic heterocycles. The van der Waals surface area contributed by atoms with Gasteiger partial charge in [0.25, 0.3) is 0 Å². The molecule has 130 valence electrons. The lowest BCUT2D eigenvalue weighted by molar-refractivity contribution is 0.0372. The first kappa shape index (κ1) is 17.2. The predicted octanol–water partition coefficient (Wildman–Crippen LogP) is 1.68. The Hall–Kier alpha value is -2.60. The number of ether oxygens (including phenoxy) is 1. The highest BCUT2D eigenvalue weighted by atomic mass is 35.5. The fourth-order valence-electron chi connectivity index (χ4n) is 2.69. The van der Waals surface area contributed by atoms with Gasteiger partial charge < -0.3 is 19.8 Å². The second kappa shape index (κ2) is 7.53. The molecule has 1 atom stereocenters. The second-order valence-corrected chi connectivity index (χ2v) is 5.47. The number of hydrogen-bond acceptors (Lipinski definition) is 7. The van der Waals surface area contributed by atoms with Crippen LogP contribution in [-0.2, 0) is 4.74 Å². The van der Waals surface area contributed by atoms with E-state index in [1.807, 2.05) is 6.07 Å². The fourth-order valence-corrected chi connectivity index (χ4v) is 2.69. The van der Waals surface area contributed by atoms with Crippen molar-refractivity contribution in [3.8, 4) is 17.5 Å². The molecule has 3 aromatic rings. The standard InChI is InChI=1S/C16H16N6O2.ClH/c17-8-12-15(13-2-1-6-24-13)21-22-5-3-14(20-16(12)22)19-10-11-9-18-4-7-23-11;/h1-3,5-6,11,18H,4,7,9-10H2,(H,19,20);1H/t11-;/m1./s1. The molecule has 0 bridgehead atoms. The molecular weight excluding hydrogens is 344 g/mol. The van der Waals surface area contributed by atoms with Crippen LogP contribution in [0.15, 0.2) is 35.1 Å². The molecule has 1 aliphatic rings. The van der Waals surface area contributed by atoms with Crippen molar-refractivity contribution in [2.24, 2.45) is 0 Å². The summed E-state index contributed by atoms with van der Waals surface area (Å²) in [5.74, 6) is 1.23. The van der Waals surface area contributed by atoms with Crippen LogP contribution in [0.4, 0.5) is 5.82 Å². The van der Waals surface area contributed by atoms with Gasteiger partial charge >= 0.3 is 0 Å². The quantitative estimate of drug-likeness (QED) is 0.730. The lowest BCUT2D eigenvalue weighted by Gasteiger charge is -2.23. The summed E-state index contributed by atoms with van der Waals surface area (Å²) in [6.07, 6.45) is 3.44. The minimum absolute atomic E-state index is 0. The average molecular weight is 361 g/mol. The first-order valence-electron chi connectivity index (χ1n) is 7.74. The highest BCUT2D eigenvalue weighted by Gasteiger charge is 2.18. The molecule has 0 saturated carbocycles. The number of furan rings is 1. The zero-order valence-electron chi connectivity index (χ0n) is 13.3. The highest BCUT2D eigenvalue weighted by Crippen LogP contribution is 2.25. The Labute approximate surface area is 150 Å². The van der Waals surface area contributed by atoms with Crippen molar-refractivity contribution >= 4 is 23.9 Å². The molecule has 0 radical (unpaired) electrons. The van der Waals surface area contributed by atoms with Crippen LogP contribution in [0.2, 0.25) is 0 Å². The highest BCUT2D eigenvalue weighted by molar-refractivity contribution is 5.85. The van der Waals surface area contributed by atoms with Crippen molar-refractivity contribution in [1.82, 2.24) is 19.9 Å². The van der Waals surface area contributed by atoms with E-state index in [2.05, 4.69) is 26.8 Å². The van der Waals surface area contributed by atoms with Gasteiger partial charge in [-0.25, -0.2) is 9.50 Å². The van der Waals surface area contributed by atoms with E-state index < -0.39 is 0 Å². The molecule has 1 saturated heterocycles. The van der Waals surface area contributed by atoms with E-state index in [0.717, 1.165) is 13.1 Å². The van der Waals surface area contributed by atoms with Crippen LogP contribution in [0.25, 0.3) is 17.1 Å². The van der Waals surface area contributed by atoms with Gasteiger partial charge in [0.15, 0.2) is 11.4 Å². The maximum atomic E-state index is 9.50. The molecule has 0 aromatic carbocycles. The molecule has 0 unspecified atom stereocenters. The normalized spacial score (nSPS) is 17.0. The number of nitrogens with zero attached hydrogens (tertiary/aromatic N) is 4. The van der Waals surface area contributed by atoms with Crippen LogP contribution >= 0.6 is 12.4 Å². The van der Waals surface area contributed by atoms with E-state index in [4.69, 9.17) is 9.15 Å². The van der Waals surface area contributed by atoms with E-state index in [-0.39, 0.29) is 18.5 Å². The van der Waals surface area contributed by atoms with Crippen LogP contribution in [0.3, 0.4) is 0 Å². The second-order valence-electron chi connectivity index (χ2n) is 5.47. The first-order chi connectivity index (χ1) is 11.8. The minimum Gasteiger partial charge on any atom is -0.463 e. The Morgan fingerprint density at radius 1 is 1.44 bits per heavy atom. The molecule has 4 heterocycles. The Kier molecular flexibility index (Phi) is 5.19. The van der Waals surface area contributed by atoms with E-state index in [9.17, 15) is 5.26 Å². The number of nitrogens with one attached hydrogen (secondary N) is 2. The molecule has 1 aliphatic heterocycles. The van der Waals surface area contributed by atoms with E-state index >= 15 is 0 Å². The molecule has 25 heavy (non-hydrogen) atoms. The lowest BCUT2D eigenvalue weighted by Crippen LogP contribution is -2.42. The number of aromatic nitrogens is 3. The SMILES string of the molecule is Cl.N#Cc1c(-c2ccco2)nn2ccc(NC[C@H]3CNCCO3)nc12. The van der Waals surface area contributed by atoms with Gasteiger partial charge in [-0.2, -0.15) is 10.4 Å². The summed E-state index contributed by atoms with van der Waals surface area (Å²) >= 11 is 0. The summed E-state index contributed by atoms with van der Waals surface area (Å²) in [6.45, 7) is 3.06. The third kappa shape index (κ3) is 3.44. The molecule has 1 fully saturated rings. The summed E-state index contributed by atoms with van der Waals surface area (Å²) in [6, 6.07) is 7.53. The van der Waals surface area contributed by atoms with E-state index in [0.29, 0.717) is 41.6 Å². The molecule has 0 spiro atoms. The number of nitriles is 1. The summed E-state index contributed by atoms with van der Waals surface area (Å²) in [4.78, 5) is 4.51. The molecule has 8 nitrogen and oxygen atoms in total. The number of anilines is 1. The number of rotatable bonds is 4. The first-order valence-corrected chi connectivity index (χ1v) is 7.74. The Morgan fingerprint density at radius 3 is 3.08 bits per heavy atom. The van der Waals surface area contributed by atoms with Crippen LogP contribution in [0, 0.1) is 11.3 Å². The Balaban J connectivity index is 0.00000182. The molecule has 2 N–H and O–H groups in total. The zero-order valence-corrected chi connectivity index (χ0v) is 14.1. The average Bonchev–Trinajstić information content (AvgIpc) is 3.27. The monoisotopic (exact) mass is 360 g/mol.